The highest BCUT2D eigenvalue weighted by Crippen LogP contribution is 2.55. The van der Waals surface area contributed by atoms with Gasteiger partial charge in [-0.3, -0.25) is 4.79 Å². The molecule has 6 rings (SSSR count). The largest absolute Gasteiger partial charge is 0.356 e. The molecule has 3 aliphatic rings. The normalized spacial score (nSPS) is 22.1. The predicted octanol–water partition coefficient (Wildman–Crippen LogP) is 5.09. The molecule has 2 nitrogen and oxygen atoms in total. The number of carbonyl (C=O) groups is 1. The van der Waals surface area contributed by atoms with Crippen molar-refractivity contribution in [1.82, 2.24) is 5.32 Å². The minimum Gasteiger partial charge on any atom is -0.356 e. The molecule has 0 fully saturated rings. The zero-order valence-electron chi connectivity index (χ0n) is 15.2. The lowest BCUT2D eigenvalue weighted by Crippen LogP contribution is -2.39. The van der Waals surface area contributed by atoms with Gasteiger partial charge in [-0.2, -0.15) is 11.3 Å². The Hall–Kier alpha value is -2.39. The number of thiophene rings is 1. The number of benzene rings is 2. The van der Waals surface area contributed by atoms with Crippen LogP contribution in [-0.4, -0.2) is 12.5 Å². The molecular formula is C24H23NOS. The number of amides is 1. The zero-order chi connectivity index (χ0) is 18.2. The molecule has 0 spiro atoms. The smallest absolute Gasteiger partial charge is 0.220 e. The number of nitrogens with one attached hydrogen (secondary N) is 1. The third kappa shape index (κ3) is 3.00. The SMILES string of the molecule is O=C(CCc1ccsc1)NCC1CC2c3ccccc3C1c1ccccc12. The molecule has 1 amide bonds. The summed E-state index contributed by atoms with van der Waals surface area (Å²) in [5.41, 5.74) is 7.16. The molecule has 1 aromatic heterocycles. The summed E-state index contributed by atoms with van der Waals surface area (Å²) in [6, 6.07) is 19.9. The Kier molecular flexibility index (Phi) is 4.33. The second kappa shape index (κ2) is 6.97. The van der Waals surface area contributed by atoms with Crippen LogP contribution in [0.15, 0.2) is 65.4 Å². The van der Waals surface area contributed by atoms with Gasteiger partial charge in [0.05, 0.1) is 0 Å². The molecule has 1 atom stereocenters. The van der Waals surface area contributed by atoms with E-state index in [1.807, 2.05) is 0 Å². The Labute approximate surface area is 164 Å². The monoisotopic (exact) mass is 373 g/mol. The van der Waals surface area contributed by atoms with Crippen LogP contribution in [0.5, 0.6) is 0 Å². The van der Waals surface area contributed by atoms with E-state index in [9.17, 15) is 4.79 Å². The third-order valence-corrected chi connectivity index (χ3v) is 6.94. The molecule has 3 aromatic rings. The molecule has 0 saturated carbocycles. The molecule has 3 heteroatoms. The predicted molar refractivity (Wildman–Crippen MR) is 110 cm³/mol. The van der Waals surface area contributed by atoms with E-state index in [1.165, 1.54) is 27.8 Å². The molecule has 1 N–H and O–H groups in total. The highest BCUT2D eigenvalue weighted by atomic mass is 32.1. The molecule has 136 valence electrons. The van der Waals surface area contributed by atoms with Crippen LogP contribution in [0.25, 0.3) is 0 Å². The second-order valence-corrected chi connectivity index (χ2v) is 8.50. The van der Waals surface area contributed by atoms with Gasteiger partial charge in [-0.05, 0) is 63.4 Å². The molecule has 0 radical (unpaired) electrons. The first-order valence-electron chi connectivity index (χ1n) is 9.76. The number of hydrogen-bond donors (Lipinski definition) is 1. The highest BCUT2D eigenvalue weighted by molar-refractivity contribution is 7.07. The van der Waals surface area contributed by atoms with Crippen molar-refractivity contribution in [3.63, 3.8) is 0 Å². The van der Waals surface area contributed by atoms with Gasteiger partial charge < -0.3 is 5.32 Å². The van der Waals surface area contributed by atoms with E-state index in [-0.39, 0.29) is 5.91 Å². The summed E-state index contributed by atoms with van der Waals surface area (Å²) in [5.74, 6) is 1.52. The zero-order valence-corrected chi connectivity index (χ0v) is 16.0. The summed E-state index contributed by atoms with van der Waals surface area (Å²) in [5, 5.41) is 7.42. The van der Waals surface area contributed by atoms with Gasteiger partial charge in [0.25, 0.3) is 0 Å². The fourth-order valence-corrected chi connectivity index (χ4v) is 5.69. The van der Waals surface area contributed by atoms with Gasteiger partial charge >= 0.3 is 0 Å². The van der Waals surface area contributed by atoms with Crippen LogP contribution in [0.1, 0.15) is 52.5 Å². The first kappa shape index (κ1) is 16.8. The average Bonchev–Trinajstić information content (AvgIpc) is 3.24. The van der Waals surface area contributed by atoms with Gasteiger partial charge in [-0.15, -0.1) is 0 Å². The summed E-state index contributed by atoms with van der Waals surface area (Å²) >= 11 is 1.69. The molecule has 3 aliphatic carbocycles. The van der Waals surface area contributed by atoms with Crippen molar-refractivity contribution in [2.24, 2.45) is 5.92 Å². The molecule has 0 saturated heterocycles. The van der Waals surface area contributed by atoms with Crippen molar-refractivity contribution in [3.05, 3.63) is 93.2 Å². The van der Waals surface area contributed by atoms with Crippen LogP contribution in [0.4, 0.5) is 0 Å². The van der Waals surface area contributed by atoms with E-state index in [0.29, 0.717) is 24.2 Å². The Balaban J connectivity index is 1.32. The fraction of sp³-hybridized carbons (Fsp3) is 0.292. The van der Waals surface area contributed by atoms with Gasteiger partial charge in [0.2, 0.25) is 5.91 Å². The quantitative estimate of drug-likeness (QED) is 0.663. The van der Waals surface area contributed by atoms with Gasteiger partial charge in [0.1, 0.15) is 0 Å². The molecule has 0 aliphatic heterocycles. The minimum atomic E-state index is 0.171. The minimum absolute atomic E-state index is 0.171. The van der Waals surface area contributed by atoms with Crippen molar-refractivity contribution in [2.75, 3.05) is 6.54 Å². The third-order valence-electron chi connectivity index (χ3n) is 6.21. The van der Waals surface area contributed by atoms with Crippen LogP contribution >= 0.6 is 11.3 Å². The van der Waals surface area contributed by atoms with E-state index in [4.69, 9.17) is 0 Å². The lowest BCUT2D eigenvalue weighted by atomic mass is 9.59. The van der Waals surface area contributed by atoms with Crippen LogP contribution in [0.2, 0.25) is 0 Å². The molecule has 2 bridgehead atoms. The van der Waals surface area contributed by atoms with E-state index >= 15 is 0 Å². The second-order valence-electron chi connectivity index (χ2n) is 7.72. The van der Waals surface area contributed by atoms with Crippen LogP contribution in [0, 0.1) is 5.92 Å². The molecular weight excluding hydrogens is 350 g/mol. The molecule has 1 heterocycles. The standard InChI is InChI=1S/C24H23NOS/c26-23(10-9-16-11-12-27-15-16)25-14-17-13-22-18-5-1-3-7-20(18)24(17)21-8-4-2-6-19(21)22/h1-8,11-12,15,17,22,24H,9-10,13-14H2,(H,25,26). The molecule has 27 heavy (non-hydrogen) atoms. The summed E-state index contributed by atoms with van der Waals surface area (Å²) in [6.45, 7) is 0.770. The number of fused-ring (bicyclic) bond motifs is 1. The number of carbonyl (C=O) groups excluding carboxylic acids is 1. The Bertz CT molecular complexity index is 915. The fourth-order valence-electron chi connectivity index (χ4n) is 4.99. The lowest BCUT2D eigenvalue weighted by Gasteiger charge is -2.45. The van der Waals surface area contributed by atoms with E-state index in [0.717, 1.165) is 19.4 Å². The van der Waals surface area contributed by atoms with Crippen molar-refractivity contribution < 1.29 is 4.79 Å². The topological polar surface area (TPSA) is 29.1 Å². The van der Waals surface area contributed by atoms with Gasteiger partial charge in [-0.1, -0.05) is 48.5 Å². The van der Waals surface area contributed by atoms with E-state index < -0.39 is 0 Å². The first-order chi connectivity index (χ1) is 13.3. The number of aryl methyl sites for hydroxylation is 1. The highest BCUT2D eigenvalue weighted by Gasteiger charge is 2.42. The van der Waals surface area contributed by atoms with Crippen molar-refractivity contribution in [3.8, 4) is 0 Å². The first-order valence-corrected chi connectivity index (χ1v) is 10.7. The van der Waals surface area contributed by atoms with Gasteiger partial charge in [0, 0.05) is 24.8 Å². The van der Waals surface area contributed by atoms with Crippen molar-refractivity contribution in [1.29, 1.82) is 0 Å². The van der Waals surface area contributed by atoms with E-state index in [1.54, 1.807) is 11.3 Å². The Morgan fingerprint density at radius 3 is 2.26 bits per heavy atom. The van der Waals surface area contributed by atoms with Crippen LogP contribution in [0.3, 0.4) is 0 Å². The Morgan fingerprint density at radius 1 is 0.963 bits per heavy atom. The maximum absolute atomic E-state index is 12.4. The maximum Gasteiger partial charge on any atom is 0.220 e. The van der Waals surface area contributed by atoms with Gasteiger partial charge in [-0.25, -0.2) is 0 Å². The molecule has 2 aromatic carbocycles. The summed E-state index contributed by atoms with van der Waals surface area (Å²) in [6.07, 6.45) is 2.53. The summed E-state index contributed by atoms with van der Waals surface area (Å²) < 4.78 is 0. The molecule has 1 unspecified atom stereocenters. The van der Waals surface area contributed by atoms with Crippen molar-refractivity contribution >= 4 is 17.2 Å². The average molecular weight is 374 g/mol. The van der Waals surface area contributed by atoms with Crippen LogP contribution in [-0.2, 0) is 11.2 Å². The van der Waals surface area contributed by atoms with E-state index in [2.05, 4.69) is 70.7 Å². The number of hydrogen-bond acceptors (Lipinski definition) is 2. The lowest BCUT2D eigenvalue weighted by molar-refractivity contribution is -0.121. The summed E-state index contributed by atoms with van der Waals surface area (Å²) in [7, 11) is 0. The summed E-state index contributed by atoms with van der Waals surface area (Å²) in [4.78, 5) is 12.4. The van der Waals surface area contributed by atoms with Gasteiger partial charge in [0.15, 0.2) is 0 Å². The van der Waals surface area contributed by atoms with Crippen molar-refractivity contribution in [2.45, 2.75) is 31.1 Å². The number of rotatable bonds is 5. The Morgan fingerprint density at radius 2 is 1.63 bits per heavy atom. The maximum atomic E-state index is 12.4. The van der Waals surface area contributed by atoms with Crippen LogP contribution < -0.4 is 5.32 Å².